The Kier molecular flexibility index (Phi) is 7.89. The van der Waals surface area contributed by atoms with Gasteiger partial charge in [0.25, 0.3) is 0 Å². The molecule has 5 aromatic rings. The molecule has 43 heavy (non-hydrogen) atoms. The molecule has 2 aromatic carbocycles. The van der Waals surface area contributed by atoms with Crippen molar-refractivity contribution in [3.63, 3.8) is 0 Å². The van der Waals surface area contributed by atoms with E-state index in [-0.39, 0.29) is 23.8 Å². The Morgan fingerprint density at radius 2 is 2.00 bits per heavy atom. The normalized spacial score (nSPS) is 14.3. The van der Waals surface area contributed by atoms with Crippen LogP contribution in [0.1, 0.15) is 58.8 Å². The first kappa shape index (κ1) is 28.1. The predicted molar refractivity (Wildman–Crippen MR) is 155 cm³/mol. The standard InChI is InChI=1S/C31H31FN8O3/c1-2-38-20-34-16-25(38)17-39-28-14-22(31(41)42)5-6-27(28)35-29(39)18-37-10-7-24(8-11-37)40-12-9-30(36-40)43-19-23-4-3-21(15-33)13-26(23)32/h3-6,9,12-14,16,20,24H,2,7-8,10-11,17-19H2,1H3,(H,41,42). The van der Waals surface area contributed by atoms with E-state index in [2.05, 4.69) is 31.0 Å². The smallest absolute Gasteiger partial charge is 0.335 e. The highest BCUT2D eigenvalue weighted by molar-refractivity contribution is 5.92. The van der Waals surface area contributed by atoms with E-state index in [9.17, 15) is 14.3 Å². The Morgan fingerprint density at radius 1 is 1.16 bits per heavy atom. The highest BCUT2D eigenvalue weighted by Crippen LogP contribution is 2.27. The van der Waals surface area contributed by atoms with Crippen molar-refractivity contribution < 1.29 is 19.0 Å². The van der Waals surface area contributed by atoms with Crippen LogP contribution in [0.2, 0.25) is 0 Å². The third-order valence-electron chi connectivity index (χ3n) is 7.97. The number of aromatic carboxylic acids is 1. The number of carboxylic acids is 1. The number of nitriles is 1. The number of aromatic nitrogens is 6. The number of halogens is 1. The second-order valence-electron chi connectivity index (χ2n) is 10.6. The summed E-state index contributed by atoms with van der Waals surface area (Å²) in [6, 6.07) is 13.3. The van der Waals surface area contributed by atoms with Gasteiger partial charge in [-0.2, -0.15) is 5.26 Å². The molecule has 0 unspecified atom stereocenters. The van der Waals surface area contributed by atoms with Crippen LogP contribution >= 0.6 is 0 Å². The lowest BCUT2D eigenvalue weighted by molar-refractivity contribution is 0.0697. The monoisotopic (exact) mass is 582 g/mol. The van der Waals surface area contributed by atoms with E-state index in [4.69, 9.17) is 15.0 Å². The van der Waals surface area contributed by atoms with Crippen LogP contribution in [0.15, 0.2) is 61.2 Å². The van der Waals surface area contributed by atoms with Gasteiger partial charge in [-0.3, -0.25) is 9.58 Å². The van der Waals surface area contributed by atoms with E-state index >= 15 is 0 Å². The van der Waals surface area contributed by atoms with Crippen molar-refractivity contribution in [3.8, 4) is 11.9 Å². The van der Waals surface area contributed by atoms with E-state index in [1.165, 1.54) is 6.07 Å². The van der Waals surface area contributed by atoms with Crippen molar-refractivity contribution >= 4 is 17.0 Å². The summed E-state index contributed by atoms with van der Waals surface area (Å²) in [6.45, 7) is 5.74. The van der Waals surface area contributed by atoms with Gasteiger partial charge in [0.05, 0.1) is 59.4 Å². The summed E-state index contributed by atoms with van der Waals surface area (Å²) in [5.41, 5.74) is 3.45. The molecule has 0 bridgehead atoms. The highest BCUT2D eigenvalue weighted by Gasteiger charge is 2.24. The van der Waals surface area contributed by atoms with Crippen LogP contribution in [0, 0.1) is 17.1 Å². The number of hydrogen-bond donors (Lipinski definition) is 1. The van der Waals surface area contributed by atoms with Gasteiger partial charge >= 0.3 is 5.97 Å². The van der Waals surface area contributed by atoms with Gasteiger partial charge in [-0.05, 0) is 50.1 Å². The number of aryl methyl sites for hydroxylation is 1. The molecule has 0 radical (unpaired) electrons. The molecule has 12 heteroatoms. The lowest BCUT2D eigenvalue weighted by Gasteiger charge is -2.31. The van der Waals surface area contributed by atoms with Crippen molar-refractivity contribution in [2.45, 2.75) is 52.0 Å². The Bertz CT molecular complexity index is 1810. The number of carboxylic acid groups (broad SMARTS) is 1. The zero-order chi connectivity index (χ0) is 29.9. The van der Waals surface area contributed by atoms with Gasteiger partial charge < -0.3 is 19.0 Å². The van der Waals surface area contributed by atoms with Gasteiger partial charge in [0.2, 0.25) is 5.88 Å². The first-order valence-electron chi connectivity index (χ1n) is 14.2. The van der Waals surface area contributed by atoms with E-state index in [1.807, 2.05) is 23.1 Å². The van der Waals surface area contributed by atoms with Crippen LogP contribution in [0.4, 0.5) is 4.39 Å². The van der Waals surface area contributed by atoms with E-state index in [0.29, 0.717) is 24.5 Å². The summed E-state index contributed by atoms with van der Waals surface area (Å²) >= 11 is 0. The third kappa shape index (κ3) is 5.98. The minimum atomic E-state index is -0.967. The number of imidazole rings is 2. The zero-order valence-electron chi connectivity index (χ0n) is 23.7. The average Bonchev–Trinajstić information content (AvgIpc) is 3.76. The predicted octanol–water partition coefficient (Wildman–Crippen LogP) is 4.62. The van der Waals surface area contributed by atoms with Gasteiger partial charge in [0, 0.05) is 43.7 Å². The van der Waals surface area contributed by atoms with Crippen LogP contribution in [0.3, 0.4) is 0 Å². The molecule has 0 atom stereocenters. The molecule has 4 heterocycles. The van der Waals surface area contributed by atoms with E-state index < -0.39 is 11.8 Å². The Morgan fingerprint density at radius 3 is 2.74 bits per heavy atom. The zero-order valence-corrected chi connectivity index (χ0v) is 23.7. The highest BCUT2D eigenvalue weighted by atomic mass is 19.1. The van der Waals surface area contributed by atoms with Gasteiger partial charge in [-0.15, -0.1) is 5.10 Å². The molecule has 6 rings (SSSR count). The summed E-state index contributed by atoms with van der Waals surface area (Å²) in [5.74, 6) is -0.139. The first-order chi connectivity index (χ1) is 20.9. The lowest BCUT2D eigenvalue weighted by atomic mass is 10.1. The van der Waals surface area contributed by atoms with Crippen LogP contribution in [-0.2, 0) is 26.2 Å². The molecule has 1 fully saturated rings. The number of fused-ring (bicyclic) bond motifs is 1. The summed E-state index contributed by atoms with van der Waals surface area (Å²) in [5, 5.41) is 23.1. The third-order valence-corrected chi connectivity index (χ3v) is 7.97. The van der Waals surface area contributed by atoms with Gasteiger partial charge in [0.15, 0.2) is 0 Å². The lowest BCUT2D eigenvalue weighted by Crippen LogP contribution is -2.35. The maximum atomic E-state index is 14.2. The summed E-state index contributed by atoms with van der Waals surface area (Å²) < 4.78 is 26.0. The quantitative estimate of drug-likeness (QED) is 0.253. The second kappa shape index (κ2) is 12.1. The molecule has 0 spiro atoms. The minimum absolute atomic E-state index is 0.0288. The molecular formula is C31H31FN8O3. The van der Waals surface area contributed by atoms with Crippen molar-refractivity contribution in [2.75, 3.05) is 13.1 Å². The molecule has 1 aliphatic rings. The number of nitrogens with zero attached hydrogens (tertiary/aromatic N) is 8. The largest absolute Gasteiger partial charge is 0.478 e. The molecule has 1 aliphatic heterocycles. The van der Waals surface area contributed by atoms with Crippen LogP contribution in [-0.4, -0.2) is 57.9 Å². The first-order valence-corrected chi connectivity index (χ1v) is 14.2. The van der Waals surface area contributed by atoms with Crippen molar-refractivity contribution in [1.82, 2.24) is 33.8 Å². The van der Waals surface area contributed by atoms with Crippen molar-refractivity contribution in [3.05, 3.63) is 95.2 Å². The fourth-order valence-corrected chi connectivity index (χ4v) is 5.56. The number of benzene rings is 2. The molecule has 11 nitrogen and oxygen atoms in total. The minimum Gasteiger partial charge on any atom is -0.478 e. The van der Waals surface area contributed by atoms with Crippen LogP contribution in [0.25, 0.3) is 11.0 Å². The molecule has 1 saturated heterocycles. The second-order valence-corrected chi connectivity index (χ2v) is 10.6. The number of carbonyl (C=O) groups is 1. The number of hydrogen-bond acceptors (Lipinski definition) is 7. The van der Waals surface area contributed by atoms with Crippen molar-refractivity contribution in [2.24, 2.45) is 0 Å². The Hall–Kier alpha value is -5.02. The van der Waals surface area contributed by atoms with Gasteiger partial charge in [-0.25, -0.2) is 19.2 Å². The van der Waals surface area contributed by atoms with Crippen LogP contribution in [0.5, 0.6) is 5.88 Å². The molecular weight excluding hydrogens is 551 g/mol. The average molecular weight is 583 g/mol. The fraction of sp³-hybridized carbons (Fsp3) is 0.323. The molecule has 3 aromatic heterocycles. The summed E-state index contributed by atoms with van der Waals surface area (Å²) in [6.07, 6.45) is 7.31. The summed E-state index contributed by atoms with van der Waals surface area (Å²) in [4.78, 5) is 23.3. The number of rotatable bonds is 10. The Labute approximate surface area is 247 Å². The molecule has 220 valence electrons. The molecule has 1 N–H and O–H groups in total. The number of likely N-dealkylation sites (tertiary alicyclic amines) is 1. The molecule has 0 amide bonds. The fourth-order valence-electron chi connectivity index (χ4n) is 5.56. The maximum absolute atomic E-state index is 14.2. The number of piperidine rings is 1. The number of ether oxygens (including phenoxy) is 1. The van der Waals surface area contributed by atoms with Crippen molar-refractivity contribution in [1.29, 1.82) is 5.26 Å². The Balaban J connectivity index is 1.12. The van der Waals surface area contributed by atoms with Crippen LogP contribution < -0.4 is 4.74 Å². The van der Waals surface area contributed by atoms with Gasteiger partial charge in [0.1, 0.15) is 18.2 Å². The molecule has 0 saturated carbocycles. The SMILES string of the molecule is CCn1cncc1Cn1c(CN2CCC(n3ccc(OCc4ccc(C#N)cc4F)n3)CC2)nc2ccc(C(=O)O)cc21. The van der Waals surface area contributed by atoms with E-state index in [1.54, 1.807) is 42.7 Å². The molecule has 0 aliphatic carbocycles. The topological polar surface area (TPSA) is 127 Å². The van der Waals surface area contributed by atoms with E-state index in [0.717, 1.165) is 55.0 Å². The maximum Gasteiger partial charge on any atom is 0.335 e. The summed E-state index contributed by atoms with van der Waals surface area (Å²) in [7, 11) is 0. The van der Waals surface area contributed by atoms with Gasteiger partial charge in [-0.1, -0.05) is 6.07 Å².